The van der Waals surface area contributed by atoms with Crippen molar-refractivity contribution < 1.29 is 48.8 Å². The smallest absolute Gasteiger partial charge is 0.328 e. The molecule has 0 atom stereocenters. The fraction of sp³-hybridized carbons (Fsp3) is 0.143. The molecule has 0 amide bonds. The predicted octanol–water partition coefficient (Wildman–Crippen LogP) is -2.98. The third kappa shape index (κ3) is 14.8. The van der Waals surface area contributed by atoms with E-state index in [-0.39, 0.29) is 29.6 Å². The zero-order valence-corrected chi connectivity index (χ0v) is 10.7. The third-order valence-corrected chi connectivity index (χ3v) is 1.02. The van der Waals surface area contributed by atoms with Crippen LogP contribution in [0, 0.1) is 6.07 Å². The molecule has 1 aromatic rings. The van der Waals surface area contributed by atoms with Crippen molar-refractivity contribution in [3.63, 3.8) is 0 Å². The number of hydrogen-bond acceptors (Lipinski definition) is 2. The van der Waals surface area contributed by atoms with Gasteiger partial charge in [0.2, 0.25) is 0 Å². The van der Waals surface area contributed by atoms with E-state index in [9.17, 15) is 0 Å². The molecule has 5 N–H and O–H groups in total. The molecule has 0 aliphatic heterocycles. The van der Waals surface area contributed by atoms with E-state index in [1.807, 2.05) is 24.3 Å². The van der Waals surface area contributed by atoms with Gasteiger partial charge in [0, 0.05) is 0 Å². The number of nitrogens with two attached hydrogens (primary N) is 1. The quantitative estimate of drug-likeness (QED) is 0.233. The van der Waals surface area contributed by atoms with E-state index in [2.05, 4.69) is 6.07 Å². The molecule has 0 spiro atoms. The van der Waals surface area contributed by atoms with E-state index in [1.54, 1.807) is 0 Å². The second kappa shape index (κ2) is 8.59. The number of benzene rings is 1. The molecule has 0 saturated carbocycles. The second-order valence-corrected chi connectivity index (χ2v) is 3.15. The summed E-state index contributed by atoms with van der Waals surface area (Å²) in [5.74, 6) is 0. The van der Waals surface area contributed by atoms with Crippen LogP contribution in [0.4, 0.5) is 0 Å². The molecule has 0 radical (unpaired) electrons. The van der Waals surface area contributed by atoms with Gasteiger partial charge in [0.15, 0.2) is 0 Å². The van der Waals surface area contributed by atoms with Gasteiger partial charge in [0.25, 0.3) is 0 Å². The molecule has 1 rings (SSSR count). The molecule has 74 valence electrons. The maximum absolute atomic E-state index is 8.88. The van der Waals surface area contributed by atoms with Gasteiger partial charge < -0.3 is 20.4 Å². The van der Waals surface area contributed by atoms with Crippen LogP contribution in [0.3, 0.4) is 0 Å². The minimum atomic E-state index is -4.64. The van der Waals surface area contributed by atoms with E-state index in [0.717, 1.165) is 5.56 Å². The Labute approximate surface area is 104 Å². The summed E-state index contributed by atoms with van der Waals surface area (Å²) in [5, 5.41) is 0. The number of rotatable bonds is 1. The Morgan fingerprint density at radius 2 is 1.64 bits per heavy atom. The van der Waals surface area contributed by atoms with Crippen molar-refractivity contribution >= 4 is 7.82 Å². The number of hydrogen-bond donors (Lipinski definition) is 4. The minimum absolute atomic E-state index is 0. The zero-order chi connectivity index (χ0) is 10.3. The molecular formula is C7H11NNaO4P. The van der Waals surface area contributed by atoms with E-state index < -0.39 is 7.82 Å². The van der Waals surface area contributed by atoms with Crippen LogP contribution in [0.5, 0.6) is 0 Å². The van der Waals surface area contributed by atoms with E-state index in [1.165, 1.54) is 0 Å². The monoisotopic (exact) mass is 227 g/mol. The van der Waals surface area contributed by atoms with Crippen molar-refractivity contribution in [3.8, 4) is 0 Å². The normalized spacial score (nSPS) is 9.43. The maximum atomic E-state index is 8.88. The van der Waals surface area contributed by atoms with Crippen molar-refractivity contribution in [3.05, 3.63) is 35.9 Å². The fourth-order valence-corrected chi connectivity index (χ4v) is 0.557. The van der Waals surface area contributed by atoms with Crippen LogP contribution >= 0.6 is 7.82 Å². The molecule has 0 unspecified atom stereocenters. The summed E-state index contributed by atoms with van der Waals surface area (Å²) in [4.78, 5) is 21.6. The van der Waals surface area contributed by atoms with E-state index >= 15 is 0 Å². The Kier molecular flexibility index (Phi) is 10.2. The minimum Gasteiger partial charge on any atom is -0.328 e. The van der Waals surface area contributed by atoms with Crippen molar-refractivity contribution in [1.82, 2.24) is 0 Å². The molecule has 5 nitrogen and oxygen atoms in total. The Hall–Kier alpha value is 0.290. The first-order valence-corrected chi connectivity index (χ1v) is 4.93. The van der Waals surface area contributed by atoms with Crippen LogP contribution in [0.15, 0.2) is 24.3 Å². The summed E-state index contributed by atoms with van der Waals surface area (Å²) in [6.45, 7) is 0.620. The molecule has 0 aliphatic rings. The van der Waals surface area contributed by atoms with Gasteiger partial charge in [-0.2, -0.15) is 30.3 Å². The fourth-order valence-electron chi connectivity index (χ4n) is 0.557. The SMILES string of the molecule is NCc1cc[c-]cc1.O=P(O)(O)O.[Na+]. The standard InChI is InChI=1S/C7H8N.Na.H3O4P/c8-6-7-4-2-1-3-5-7;;1-5(2,3)4/h2-5H,6,8H2;;(H3,1,2,3,4)/q-1;+1;. The predicted molar refractivity (Wildman–Crippen MR) is 47.4 cm³/mol. The topological polar surface area (TPSA) is 104 Å². The Balaban J connectivity index is 0. The van der Waals surface area contributed by atoms with Gasteiger partial charge in [-0.1, -0.05) is 0 Å². The largest absolute Gasteiger partial charge is 1.00 e. The second-order valence-electron chi connectivity index (χ2n) is 2.13. The first-order valence-electron chi connectivity index (χ1n) is 3.37. The molecule has 1 aromatic carbocycles. The van der Waals surface area contributed by atoms with E-state index in [4.69, 9.17) is 25.0 Å². The number of phosphoric acid groups is 1. The van der Waals surface area contributed by atoms with Crippen LogP contribution in [0.25, 0.3) is 0 Å². The first kappa shape index (κ1) is 16.7. The van der Waals surface area contributed by atoms with Gasteiger partial charge in [-0.05, 0) is 6.54 Å². The molecule has 0 bridgehead atoms. The van der Waals surface area contributed by atoms with Gasteiger partial charge in [0.1, 0.15) is 0 Å². The third-order valence-electron chi connectivity index (χ3n) is 1.02. The summed E-state index contributed by atoms with van der Waals surface area (Å²) in [7, 11) is -4.64. The molecule has 0 fully saturated rings. The maximum Gasteiger partial charge on any atom is 1.00 e. The first-order chi connectivity index (χ1) is 5.93. The Morgan fingerprint density at radius 1 is 1.29 bits per heavy atom. The van der Waals surface area contributed by atoms with Gasteiger partial charge in [-0.25, -0.2) is 4.57 Å². The molecule has 14 heavy (non-hydrogen) atoms. The Bertz CT molecular complexity index is 268. The van der Waals surface area contributed by atoms with Crippen molar-refractivity contribution in [2.45, 2.75) is 6.54 Å². The summed E-state index contributed by atoms with van der Waals surface area (Å²) < 4.78 is 8.88. The van der Waals surface area contributed by atoms with Gasteiger partial charge in [-0.3, -0.25) is 0 Å². The molecule has 0 saturated heterocycles. The van der Waals surface area contributed by atoms with Crippen molar-refractivity contribution in [2.24, 2.45) is 5.73 Å². The Morgan fingerprint density at radius 3 is 1.86 bits per heavy atom. The van der Waals surface area contributed by atoms with Crippen LogP contribution in [0.2, 0.25) is 0 Å². The zero-order valence-electron chi connectivity index (χ0n) is 7.79. The van der Waals surface area contributed by atoms with Crippen LogP contribution < -0.4 is 35.3 Å². The van der Waals surface area contributed by atoms with Crippen LogP contribution in [0.1, 0.15) is 5.56 Å². The molecule has 0 heterocycles. The summed E-state index contributed by atoms with van der Waals surface area (Å²) >= 11 is 0. The molecular weight excluding hydrogens is 216 g/mol. The van der Waals surface area contributed by atoms with Gasteiger partial charge in [0.05, 0.1) is 0 Å². The van der Waals surface area contributed by atoms with E-state index in [0.29, 0.717) is 6.54 Å². The summed E-state index contributed by atoms with van der Waals surface area (Å²) in [5.41, 5.74) is 6.49. The summed E-state index contributed by atoms with van der Waals surface area (Å²) in [6, 6.07) is 10.6. The molecule has 7 heteroatoms. The van der Waals surface area contributed by atoms with Crippen LogP contribution in [-0.2, 0) is 11.1 Å². The molecule has 0 aliphatic carbocycles. The van der Waals surface area contributed by atoms with Gasteiger partial charge >= 0.3 is 37.4 Å². The van der Waals surface area contributed by atoms with Crippen molar-refractivity contribution in [1.29, 1.82) is 0 Å². The van der Waals surface area contributed by atoms with Crippen LogP contribution in [-0.4, -0.2) is 14.7 Å². The molecule has 0 aromatic heterocycles. The average molecular weight is 227 g/mol. The van der Waals surface area contributed by atoms with Gasteiger partial charge in [-0.15, -0.1) is 5.56 Å². The average Bonchev–Trinajstić information content (AvgIpc) is 2.03. The van der Waals surface area contributed by atoms with Crippen molar-refractivity contribution in [2.75, 3.05) is 0 Å². The summed E-state index contributed by atoms with van der Waals surface area (Å²) in [6.07, 6.45) is 0.